The minimum absolute atomic E-state index is 0.0331. The first-order valence-electron chi connectivity index (χ1n) is 3.45. The maximum atomic E-state index is 11.0. The van der Waals surface area contributed by atoms with Gasteiger partial charge in [0.15, 0.2) is 0 Å². The van der Waals surface area contributed by atoms with Crippen LogP contribution in [0, 0.1) is 0 Å². The second-order valence-corrected chi connectivity index (χ2v) is 7.09. The first kappa shape index (κ1) is 12.7. The van der Waals surface area contributed by atoms with Crippen LogP contribution in [-0.4, -0.2) is 19.5 Å². The Hall–Kier alpha value is -0.370. The summed E-state index contributed by atoms with van der Waals surface area (Å²) < 4.78 is 22.3. The van der Waals surface area contributed by atoms with Crippen molar-refractivity contribution in [3.8, 4) is 0 Å². The van der Waals surface area contributed by atoms with Crippen molar-refractivity contribution in [3.63, 3.8) is 0 Å². The third kappa shape index (κ3) is 3.60. The Morgan fingerprint density at radius 1 is 1.60 bits per heavy atom. The molecule has 0 spiro atoms. The van der Waals surface area contributed by atoms with Gasteiger partial charge in [-0.1, -0.05) is 0 Å². The van der Waals surface area contributed by atoms with Gasteiger partial charge >= 0.3 is 5.97 Å². The number of carboxylic acids is 1. The number of carbonyl (C=O) groups is 1. The number of carboxylic acid groups (broad SMARTS) is 1. The molecule has 1 aromatic rings. The Kier molecular flexibility index (Phi) is 3.93. The number of aliphatic carboxylic acids is 1. The molecule has 0 fully saturated rings. The van der Waals surface area contributed by atoms with Gasteiger partial charge in [0.1, 0.15) is 4.21 Å². The van der Waals surface area contributed by atoms with Crippen LogP contribution in [0.1, 0.15) is 4.88 Å². The number of hydrogen-bond acceptors (Lipinski definition) is 4. The fraction of sp³-hybridized carbons (Fsp3) is 0. The fourth-order valence-corrected chi connectivity index (χ4v) is 4.53. The number of thiophene rings is 1. The van der Waals surface area contributed by atoms with E-state index < -0.39 is 15.0 Å². The van der Waals surface area contributed by atoms with E-state index >= 15 is 0 Å². The van der Waals surface area contributed by atoms with Crippen molar-refractivity contribution in [2.75, 3.05) is 0 Å². The molecule has 1 aromatic heterocycles. The third-order valence-corrected chi connectivity index (χ3v) is 5.64. The minimum atomic E-state index is -3.79. The highest BCUT2D eigenvalue weighted by molar-refractivity contribution is 9.10. The summed E-state index contributed by atoms with van der Waals surface area (Å²) in [4.78, 5) is 10.7. The molecule has 0 aliphatic carbocycles. The van der Waals surface area contributed by atoms with Crippen LogP contribution < -0.4 is 0 Å². The molecule has 4 nitrogen and oxygen atoms in total. The van der Waals surface area contributed by atoms with Crippen molar-refractivity contribution >= 4 is 59.0 Å². The van der Waals surface area contributed by atoms with Gasteiger partial charge < -0.3 is 5.11 Å². The Morgan fingerprint density at radius 3 is 2.60 bits per heavy atom. The zero-order chi connectivity index (χ0) is 11.6. The number of hydrogen-bond donors (Lipinski definition) is 1. The highest BCUT2D eigenvalue weighted by Gasteiger charge is 2.17. The highest BCUT2D eigenvalue weighted by atomic mass is 79.9. The monoisotopic (exact) mass is 330 g/mol. The van der Waals surface area contributed by atoms with Crippen molar-refractivity contribution in [1.82, 2.24) is 0 Å². The predicted octanol–water partition coefficient (Wildman–Crippen LogP) is 2.54. The lowest BCUT2D eigenvalue weighted by Gasteiger charge is -1.88. The van der Waals surface area contributed by atoms with Crippen LogP contribution in [-0.2, 0) is 13.8 Å². The third-order valence-electron chi connectivity index (χ3n) is 1.29. The number of rotatable bonds is 3. The Morgan fingerprint density at radius 2 is 2.20 bits per heavy atom. The van der Waals surface area contributed by atoms with Crippen LogP contribution in [0.2, 0.25) is 0 Å². The first-order chi connectivity index (χ1) is 6.80. The molecule has 0 aromatic carbocycles. The Bertz CT molecular complexity index is 517. The van der Waals surface area contributed by atoms with Crippen LogP contribution >= 0.6 is 37.9 Å². The topological polar surface area (TPSA) is 71.4 Å². The lowest BCUT2D eigenvalue weighted by atomic mass is 10.4. The summed E-state index contributed by atoms with van der Waals surface area (Å²) in [6.45, 7) is 0. The van der Waals surface area contributed by atoms with Crippen LogP contribution in [0.3, 0.4) is 0 Å². The average molecular weight is 332 g/mol. The first-order valence-corrected chi connectivity index (χ1v) is 7.37. The molecule has 0 radical (unpaired) electrons. The molecular formula is C7H4BrClO4S2. The lowest BCUT2D eigenvalue weighted by Crippen LogP contribution is -1.85. The van der Waals surface area contributed by atoms with E-state index in [9.17, 15) is 13.2 Å². The molecule has 1 rings (SSSR count). The zero-order valence-corrected chi connectivity index (χ0v) is 11.0. The normalized spacial score (nSPS) is 12.1. The second-order valence-electron chi connectivity index (χ2n) is 2.39. The molecule has 82 valence electrons. The van der Waals surface area contributed by atoms with Gasteiger partial charge in [-0.2, -0.15) is 0 Å². The van der Waals surface area contributed by atoms with Crippen molar-refractivity contribution in [2.24, 2.45) is 0 Å². The molecule has 0 bridgehead atoms. The van der Waals surface area contributed by atoms with E-state index in [-0.39, 0.29) is 4.21 Å². The fourth-order valence-electron chi connectivity index (χ4n) is 0.771. The summed E-state index contributed by atoms with van der Waals surface area (Å²) in [5.74, 6) is -1.10. The van der Waals surface area contributed by atoms with Gasteiger partial charge in [-0.3, -0.25) is 0 Å². The second kappa shape index (κ2) is 4.65. The summed E-state index contributed by atoms with van der Waals surface area (Å²) in [5, 5.41) is 8.37. The summed E-state index contributed by atoms with van der Waals surface area (Å²) in [5.41, 5.74) is 0. The van der Waals surface area contributed by atoms with E-state index in [0.29, 0.717) is 9.35 Å². The van der Waals surface area contributed by atoms with Gasteiger partial charge in [-0.05, 0) is 28.1 Å². The summed E-state index contributed by atoms with van der Waals surface area (Å²) in [6, 6.07) is 1.49. The van der Waals surface area contributed by atoms with E-state index in [4.69, 9.17) is 15.8 Å². The van der Waals surface area contributed by atoms with E-state index in [1.54, 1.807) is 0 Å². The van der Waals surface area contributed by atoms with E-state index in [0.717, 1.165) is 17.4 Å². The molecule has 0 aliphatic rings. The van der Waals surface area contributed by atoms with Gasteiger partial charge in [0.05, 0.1) is 0 Å². The predicted molar refractivity (Wildman–Crippen MR) is 61.7 cm³/mol. The number of halogens is 2. The van der Waals surface area contributed by atoms with Gasteiger partial charge in [-0.15, -0.1) is 11.3 Å². The summed E-state index contributed by atoms with van der Waals surface area (Å²) in [6.07, 6.45) is 2.21. The minimum Gasteiger partial charge on any atom is -0.478 e. The molecule has 1 N–H and O–H groups in total. The van der Waals surface area contributed by atoms with Crippen molar-refractivity contribution < 1.29 is 18.3 Å². The van der Waals surface area contributed by atoms with E-state index in [1.165, 1.54) is 12.1 Å². The highest BCUT2D eigenvalue weighted by Crippen LogP contribution is 2.34. The molecule has 0 atom stereocenters. The molecule has 8 heteroatoms. The van der Waals surface area contributed by atoms with Gasteiger partial charge in [0.25, 0.3) is 9.05 Å². The van der Waals surface area contributed by atoms with Crippen molar-refractivity contribution in [1.29, 1.82) is 0 Å². The molecule has 15 heavy (non-hydrogen) atoms. The Labute approximate surface area is 103 Å². The molecular weight excluding hydrogens is 328 g/mol. The van der Waals surface area contributed by atoms with E-state index in [1.807, 2.05) is 0 Å². The summed E-state index contributed by atoms with van der Waals surface area (Å²) >= 11 is 3.92. The SMILES string of the molecule is O=C(O)/C=C/c1cc(Br)c(S(=O)(=O)Cl)s1. The van der Waals surface area contributed by atoms with Gasteiger partial charge in [0.2, 0.25) is 0 Å². The van der Waals surface area contributed by atoms with E-state index in [2.05, 4.69) is 15.9 Å². The smallest absolute Gasteiger partial charge is 0.328 e. The van der Waals surface area contributed by atoms with Crippen LogP contribution in [0.5, 0.6) is 0 Å². The molecule has 1 heterocycles. The zero-order valence-electron chi connectivity index (χ0n) is 6.98. The van der Waals surface area contributed by atoms with Gasteiger partial charge in [0, 0.05) is 26.1 Å². The van der Waals surface area contributed by atoms with Crippen LogP contribution in [0.4, 0.5) is 0 Å². The maximum absolute atomic E-state index is 11.0. The van der Waals surface area contributed by atoms with Crippen LogP contribution in [0.15, 0.2) is 20.8 Å². The largest absolute Gasteiger partial charge is 0.478 e. The van der Waals surface area contributed by atoms with Crippen molar-refractivity contribution in [2.45, 2.75) is 4.21 Å². The Balaban J connectivity index is 3.12. The molecule has 0 unspecified atom stereocenters. The lowest BCUT2D eigenvalue weighted by molar-refractivity contribution is -0.131. The quantitative estimate of drug-likeness (QED) is 0.682. The molecule has 0 saturated carbocycles. The molecule has 0 amide bonds. The molecule has 0 aliphatic heterocycles. The van der Waals surface area contributed by atoms with Crippen LogP contribution in [0.25, 0.3) is 6.08 Å². The average Bonchev–Trinajstić information content (AvgIpc) is 2.42. The molecule has 0 saturated heterocycles. The van der Waals surface area contributed by atoms with Gasteiger partial charge in [-0.25, -0.2) is 13.2 Å². The van der Waals surface area contributed by atoms with Crippen molar-refractivity contribution in [3.05, 3.63) is 21.5 Å². The maximum Gasteiger partial charge on any atom is 0.328 e. The standard InChI is InChI=1S/C7H4BrClO4S2/c8-5-3-4(1-2-6(10)11)14-7(5)15(9,12)13/h1-3H,(H,10,11)/b2-1+. The summed E-state index contributed by atoms with van der Waals surface area (Å²) in [7, 11) is 1.36.